The van der Waals surface area contributed by atoms with Crippen molar-refractivity contribution < 1.29 is 13.2 Å². The van der Waals surface area contributed by atoms with E-state index in [9.17, 15) is 18.0 Å². The van der Waals surface area contributed by atoms with Crippen molar-refractivity contribution in [3.8, 4) is 6.07 Å². The smallest absolute Gasteiger partial charge is 0.364 e. The van der Waals surface area contributed by atoms with E-state index in [2.05, 4.69) is 16.1 Å². The number of pyridine rings is 1. The molecule has 186 valence electrons. The van der Waals surface area contributed by atoms with E-state index >= 15 is 0 Å². The van der Waals surface area contributed by atoms with Crippen molar-refractivity contribution in [1.82, 2.24) is 19.2 Å². The van der Waals surface area contributed by atoms with E-state index in [1.54, 1.807) is 20.2 Å². The highest BCUT2D eigenvalue weighted by molar-refractivity contribution is 6.30. The minimum atomic E-state index is -4.51. The Balaban J connectivity index is 1.68. The van der Waals surface area contributed by atoms with Gasteiger partial charge < -0.3 is 9.47 Å². The molecule has 0 N–H and O–H groups in total. The Morgan fingerprint density at radius 3 is 2.60 bits per heavy atom. The lowest BCUT2D eigenvalue weighted by atomic mass is 9.96. The van der Waals surface area contributed by atoms with Crippen LogP contribution in [0.3, 0.4) is 0 Å². The van der Waals surface area contributed by atoms with E-state index in [0.717, 1.165) is 6.07 Å². The predicted octanol–water partition coefficient (Wildman–Crippen LogP) is 4.59. The van der Waals surface area contributed by atoms with Crippen molar-refractivity contribution in [3.05, 3.63) is 57.0 Å². The molecule has 0 aliphatic carbocycles. The quantitative estimate of drug-likeness (QED) is 0.517. The number of halogens is 4. The van der Waals surface area contributed by atoms with E-state index in [4.69, 9.17) is 16.9 Å². The molecule has 2 aromatic heterocycles. The zero-order chi connectivity index (χ0) is 25.7. The Kier molecular flexibility index (Phi) is 6.60. The van der Waals surface area contributed by atoms with Crippen molar-refractivity contribution in [1.29, 1.82) is 5.26 Å². The van der Waals surface area contributed by atoms with Crippen LogP contribution in [-0.4, -0.2) is 44.4 Å². The normalized spacial score (nSPS) is 20.3. The van der Waals surface area contributed by atoms with Gasteiger partial charge in [-0.1, -0.05) is 17.7 Å². The van der Waals surface area contributed by atoms with Crippen molar-refractivity contribution in [2.75, 3.05) is 18.0 Å². The van der Waals surface area contributed by atoms with Crippen molar-refractivity contribution in [2.45, 2.75) is 51.6 Å². The van der Waals surface area contributed by atoms with Gasteiger partial charge in [-0.25, -0.2) is 0 Å². The third-order valence-electron chi connectivity index (χ3n) is 6.78. The molecule has 1 aliphatic rings. The van der Waals surface area contributed by atoms with Gasteiger partial charge in [0.1, 0.15) is 12.1 Å². The molecular weight excluding hydrogens is 481 g/mol. The second kappa shape index (κ2) is 9.21. The van der Waals surface area contributed by atoms with E-state index in [0.29, 0.717) is 29.8 Å². The van der Waals surface area contributed by atoms with Crippen LogP contribution in [0.5, 0.6) is 0 Å². The van der Waals surface area contributed by atoms with Crippen LogP contribution < -0.4 is 10.5 Å². The van der Waals surface area contributed by atoms with E-state index in [1.807, 2.05) is 18.7 Å². The van der Waals surface area contributed by atoms with Crippen LogP contribution in [0.1, 0.15) is 37.9 Å². The number of nitrogens with zero attached hydrogens (tertiary/aromatic N) is 6. The van der Waals surface area contributed by atoms with Gasteiger partial charge in [-0.2, -0.15) is 23.5 Å². The lowest BCUT2D eigenvalue weighted by Crippen LogP contribution is -2.57. The third kappa shape index (κ3) is 4.62. The number of nitriles is 1. The SMILES string of the molecule is CC(c1ccc(Cl)cc1C(F)(F)F)N1C[C@H](C)N(c2cc(=O)n(C)c3cn(CC#N)nc23)C[C@H]1C. The van der Waals surface area contributed by atoms with Gasteiger partial charge in [0.15, 0.2) is 0 Å². The fourth-order valence-corrected chi connectivity index (χ4v) is 5.13. The Bertz CT molecular complexity index is 1360. The maximum atomic E-state index is 13.7. The molecule has 1 fully saturated rings. The summed E-state index contributed by atoms with van der Waals surface area (Å²) in [6.45, 7) is 6.75. The van der Waals surface area contributed by atoms with Gasteiger partial charge in [-0.3, -0.25) is 14.4 Å². The van der Waals surface area contributed by atoms with E-state index < -0.39 is 17.8 Å². The standard InChI is InChI=1S/C24H26ClF3N6O/c1-14-12-34(20-10-22(35)31(4)21-13-32(8-7-29)30-23(20)21)15(2)11-33(14)16(3)18-6-5-17(25)9-19(18)24(26,27)28/h5-6,9-10,13-16H,8,11-12H2,1-4H3/t14-,15+,16?/m1/s1. The Hall–Kier alpha value is -3.03. The van der Waals surface area contributed by atoms with Crippen molar-refractivity contribution in [2.24, 2.45) is 7.05 Å². The van der Waals surface area contributed by atoms with Crippen LogP contribution >= 0.6 is 11.6 Å². The first-order valence-electron chi connectivity index (χ1n) is 11.3. The number of rotatable bonds is 4. The summed E-state index contributed by atoms with van der Waals surface area (Å²) >= 11 is 5.87. The third-order valence-corrected chi connectivity index (χ3v) is 7.02. The minimum Gasteiger partial charge on any atom is -0.364 e. The summed E-state index contributed by atoms with van der Waals surface area (Å²) in [5.41, 5.74) is 1.15. The highest BCUT2D eigenvalue weighted by atomic mass is 35.5. The summed E-state index contributed by atoms with van der Waals surface area (Å²) < 4.78 is 44.2. The Morgan fingerprint density at radius 1 is 1.23 bits per heavy atom. The van der Waals surface area contributed by atoms with Gasteiger partial charge in [-0.05, 0) is 38.5 Å². The molecule has 35 heavy (non-hydrogen) atoms. The number of aryl methyl sites for hydroxylation is 1. The summed E-state index contributed by atoms with van der Waals surface area (Å²) in [5, 5.41) is 13.6. The summed E-state index contributed by atoms with van der Waals surface area (Å²) in [5.74, 6) is 0. The summed E-state index contributed by atoms with van der Waals surface area (Å²) in [4.78, 5) is 16.8. The molecule has 0 bridgehead atoms. The van der Waals surface area contributed by atoms with Crippen LogP contribution in [0.4, 0.5) is 18.9 Å². The lowest BCUT2D eigenvalue weighted by Gasteiger charge is -2.48. The number of piperazine rings is 1. The zero-order valence-corrected chi connectivity index (χ0v) is 20.6. The first kappa shape index (κ1) is 25.1. The highest BCUT2D eigenvalue weighted by Crippen LogP contribution is 2.39. The molecule has 1 unspecified atom stereocenters. The molecule has 1 aliphatic heterocycles. The van der Waals surface area contributed by atoms with Crippen LogP contribution in [0.2, 0.25) is 5.02 Å². The number of benzene rings is 1. The fraction of sp³-hybridized carbons (Fsp3) is 0.458. The largest absolute Gasteiger partial charge is 0.416 e. The van der Waals surface area contributed by atoms with Gasteiger partial charge in [-0.15, -0.1) is 0 Å². The topological polar surface area (TPSA) is 70.1 Å². The molecule has 4 rings (SSSR count). The number of aromatic nitrogens is 3. The first-order chi connectivity index (χ1) is 16.4. The summed E-state index contributed by atoms with van der Waals surface area (Å²) in [6.07, 6.45) is -2.84. The Labute approximate surface area is 205 Å². The molecule has 1 saturated heterocycles. The summed E-state index contributed by atoms with van der Waals surface area (Å²) in [6, 6.07) is 6.79. The van der Waals surface area contributed by atoms with E-state index in [-0.39, 0.29) is 34.8 Å². The van der Waals surface area contributed by atoms with Gasteiger partial charge in [0.05, 0.1) is 29.0 Å². The monoisotopic (exact) mass is 506 g/mol. The molecule has 3 heterocycles. The number of alkyl halides is 3. The Morgan fingerprint density at radius 2 is 1.94 bits per heavy atom. The molecule has 3 aromatic rings. The van der Waals surface area contributed by atoms with Gasteiger partial charge in [0.25, 0.3) is 5.56 Å². The predicted molar refractivity (Wildman–Crippen MR) is 128 cm³/mol. The molecule has 0 amide bonds. The fourth-order valence-electron chi connectivity index (χ4n) is 4.96. The van der Waals surface area contributed by atoms with Crippen LogP contribution in [-0.2, 0) is 19.8 Å². The first-order valence-corrected chi connectivity index (χ1v) is 11.6. The highest BCUT2D eigenvalue weighted by Gasteiger charge is 2.39. The van der Waals surface area contributed by atoms with Crippen LogP contribution in [0.15, 0.2) is 35.3 Å². The summed E-state index contributed by atoms with van der Waals surface area (Å²) in [7, 11) is 1.66. The molecule has 3 atom stereocenters. The minimum absolute atomic E-state index is 0.0463. The number of anilines is 1. The average molecular weight is 507 g/mol. The van der Waals surface area contributed by atoms with Gasteiger partial charge in [0.2, 0.25) is 0 Å². The molecule has 0 saturated carbocycles. The molecule has 1 aromatic carbocycles. The maximum absolute atomic E-state index is 13.7. The zero-order valence-electron chi connectivity index (χ0n) is 19.8. The van der Waals surface area contributed by atoms with Gasteiger partial charge >= 0.3 is 6.18 Å². The van der Waals surface area contributed by atoms with Gasteiger partial charge in [0, 0.05) is 49.4 Å². The molecule has 0 spiro atoms. The maximum Gasteiger partial charge on any atom is 0.416 e. The van der Waals surface area contributed by atoms with E-state index in [1.165, 1.54) is 27.4 Å². The number of hydrogen-bond acceptors (Lipinski definition) is 5. The van der Waals surface area contributed by atoms with Crippen molar-refractivity contribution in [3.63, 3.8) is 0 Å². The molecular formula is C24H26ClF3N6O. The number of hydrogen-bond donors (Lipinski definition) is 0. The average Bonchev–Trinajstić information content (AvgIpc) is 3.21. The number of fused-ring (bicyclic) bond motifs is 1. The van der Waals surface area contributed by atoms with Crippen molar-refractivity contribution >= 4 is 28.3 Å². The molecule has 0 radical (unpaired) electrons. The van der Waals surface area contributed by atoms with Crippen LogP contribution in [0.25, 0.3) is 11.0 Å². The molecule has 11 heteroatoms. The second-order valence-electron chi connectivity index (χ2n) is 9.10. The second-order valence-corrected chi connectivity index (χ2v) is 9.53. The lowest BCUT2D eigenvalue weighted by molar-refractivity contribution is -0.138. The van der Waals surface area contributed by atoms with Crippen LogP contribution in [0, 0.1) is 11.3 Å². The molecule has 7 nitrogen and oxygen atoms in total.